The Morgan fingerprint density at radius 2 is 1.88 bits per heavy atom. The third kappa shape index (κ3) is 4.51. The lowest BCUT2D eigenvalue weighted by molar-refractivity contribution is -0.0109. The first-order chi connectivity index (χ1) is 12.3. The molecule has 1 amide bonds. The normalized spacial score (nSPS) is 16.9. The fourth-order valence-corrected chi connectivity index (χ4v) is 2.84. The van der Waals surface area contributed by atoms with Gasteiger partial charge >= 0.3 is 0 Å². The first-order valence-electron chi connectivity index (χ1n) is 8.55. The minimum absolute atomic E-state index is 0.117. The molecule has 1 saturated heterocycles. The van der Waals surface area contributed by atoms with E-state index < -0.39 is 0 Å². The number of para-hydroxylation sites is 3. The van der Waals surface area contributed by atoms with E-state index in [4.69, 9.17) is 14.2 Å². The van der Waals surface area contributed by atoms with E-state index in [1.165, 1.54) is 6.42 Å². The monoisotopic (exact) mass is 341 g/mol. The van der Waals surface area contributed by atoms with Crippen LogP contribution in [0.4, 0.5) is 5.69 Å². The highest BCUT2D eigenvalue weighted by atomic mass is 16.5. The molecular formula is C20H23NO4. The Morgan fingerprint density at radius 1 is 1.12 bits per heavy atom. The zero-order chi connectivity index (χ0) is 17.5. The maximum atomic E-state index is 12.6. The number of hydrogen-bond acceptors (Lipinski definition) is 4. The summed E-state index contributed by atoms with van der Waals surface area (Å²) in [5.74, 6) is 0.941. The third-order valence-electron chi connectivity index (χ3n) is 4.19. The average Bonchev–Trinajstić information content (AvgIpc) is 2.68. The topological polar surface area (TPSA) is 56.8 Å². The first-order valence-corrected chi connectivity index (χ1v) is 8.55. The fraction of sp³-hybridized carbons (Fsp3) is 0.350. The second-order valence-corrected chi connectivity index (χ2v) is 5.95. The highest BCUT2D eigenvalue weighted by Crippen LogP contribution is 2.27. The zero-order valence-corrected chi connectivity index (χ0v) is 14.4. The Balaban J connectivity index is 1.68. The van der Waals surface area contributed by atoms with Gasteiger partial charge in [-0.25, -0.2) is 0 Å². The second kappa shape index (κ2) is 8.53. The molecule has 2 aromatic rings. The molecular weight excluding hydrogens is 318 g/mol. The van der Waals surface area contributed by atoms with Gasteiger partial charge in [0.15, 0.2) is 0 Å². The van der Waals surface area contributed by atoms with Crippen molar-refractivity contribution in [2.75, 3.05) is 25.6 Å². The summed E-state index contributed by atoms with van der Waals surface area (Å²) in [4.78, 5) is 12.6. The van der Waals surface area contributed by atoms with E-state index in [9.17, 15) is 4.79 Å². The summed E-state index contributed by atoms with van der Waals surface area (Å²) < 4.78 is 16.8. The second-order valence-electron chi connectivity index (χ2n) is 5.95. The summed E-state index contributed by atoms with van der Waals surface area (Å²) in [5.41, 5.74) is 1.12. The van der Waals surface area contributed by atoms with Crippen molar-refractivity contribution >= 4 is 11.6 Å². The molecule has 0 aliphatic carbocycles. The number of amides is 1. The van der Waals surface area contributed by atoms with Crippen molar-refractivity contribution in [1.29, 1.82) is 0 Å². The van der Waals surface area contributed by atoms with Crippen molar-refractivity contribution in [3.63, 3.8) is 0 Å². The molecule has 1 N–H and O–H groups in total. The van der Waals surface area contributed by atoms with Crippen LogP contribution in [0.25, 0.3) is 0 Å². The molecule has 0 spiro atoms. The predicted octanol–water partition coefficient (Wildman–Crippen LogP) is 3.90. The van der Waals surface area contributed by atoms with E-state index in [-0.39, 0.29) is 12.0 Å². The van der Waals surface area contributed by atoms with Crippen molar-refractivity contribution in [3.8, 4) is 11.5 Å². The van der Waals surface area contributed by atoms with Crippen molar-refractivity contribution < 1.29 is 19.0 Å². The van der Waals surface area contributed by atoms with Crippen LogP contribution in [0, 0.1) is 0 Å². The molecule has 0 bridgehead atoms. The molecule has 3 rings (SSSR count). The van der Waals surface area contributed by atoms with Gasteiger partial charge in [0.05, 0.1) is 24.5 Å². The Labute approximate surface area is 147 Å². The largest absolute Gasteiger partial charge is 0.496 e. The van der Waals surface area contributed by atoms with Crippen LogP contribution in [-0.4, -0.2) is 32.3 Å². The lowest BCUT2D eigenvalue weighted by Gasteiger charge is -2.23. The van der Waals surface area contributed by atoms with Crippen LogP contribution in [0.3, 0.4) is 0 Å². The van der Waals surface area contributed by atoms with Crippen LogP contribution in [0.15, 0.2) is 48.5 Å². The molecule has 132 valence electrons. The molecule has 1 fully saturated rings. The summed E-state index contributed by atoms with van der Waals surface area (Å²) in [5, 5.41) is 2.90. The first kappa shape index (κ1) is 17.3. The average molecular weight is 341 g/mol. The van der Waals surface area contributed by atoms with Gasteiger partial charge < -0.3 is 19.5 Å². The third-order valence-corrected chi connectivity index (χ3v) is 4.19. The van der Waals surface area contributed by atoms with Gasteiger partial charge in [-0.1, -0.05) is 24.3 Å². The molecule has 0 radical (unpaired) electrons. The van der Waals surface area contributed by atoms with Gasteiger partial charge in [0.25, 0.3) is 5.91 Å². The summed E-state index contributed by atoms with van der Waals surface area (Å²) in [6.45, 7) is 1.28. The van der Waals surface area contributed by atoms with Gasteiger partial charge in [0.1, 0.15) is 18.1 Å². The van der Waals surface area contributed by atoms with Crippen molar-refractivity contribution in [1.82, 2.24) is 0 Å². The van der Waals surface area contributed by atoms with E-state index >= 15 is 0 Å². The Kier molecular flexibility index (Phi) is 5.90. The van der Waals surface area contributed by atoms with Crippen molar-refractivity contribution in [3.05, 3.63) is 54.1 Å². The maximum Gasteiger partial charge on any atom is 0.259 e. The van der Waals surface area contributed by atoms with Gasteiger partial charge in [-0.15, -0.1) is 0 Å². The summed E-state index contributed by atoms with van der Waals surface area (Å²) >= 11 is 0. The molecule has 5 nitrogen and oxygen atoms in total. The summed E-state index contributed by atoms with van der Waals surface area (Å²) in [6.07, 6.45) is 3.41. The molecule has 1 aliphatic heterocycles. The number of rotatable bonds is 6. The molecule has 25 heavy (non-hydrogen) atoms. The number of carbonyl (C=O) groups excluding carboxylic acids is 1. The number of hydrogen-bond donors (Lipinski definition) is 1. The smallest absolute Gasteiger partial charge is 0.259 e. The minimum Gasteiger partial charge on any atom is -0.496 e. The fourth-order valence-electron chi connectivity index (χ4n) is 2.84. The van der Waals surface area contributed by atoms with Crippen LogP contribution in [0.5, 0.6) is 11.5 Å². The molecule has 1 atom stereocenters. The molecule has 2 aromatic carbocycles. The number of nitrogens with one attached hydrogen (secondary N) is 1. The number of ether oxygens (including phenoxy) is 3. The van der Waals surface area contributed by atoms with Gasteiger partial charge in [-0.05, 0) is 43.5 Å². The van der Waals surface area contributed by atoms with Gasteiger partial charge in [0.2, 0.25) is 0 Å². The standard InChI is InChI=1S/C20H23NO4/c1-23-18-11-4-2-9-16(18)20(22)21-17-10-3-5-12-19(17)25-14-15-8-6-7-13-24-15/h2-5,9-12,15H,6-8,13-14H2,1H3,(H,21,22)/t15-/m0/s1. The van der Waals surface area contributed by atoms with E-state index in [2.05, 4.69) is 5.32 Å². The number of benzene rings is 2. The van der Waals surface area contributed by atoms with Crippen LogP contribution in [0.1, 0.15) is 29.6 Å². The number of methoxy groups -OCH3 is 1. The Hall–Kier alpha value is -2.53. The summed E-state index contributed by atoms with van der Waals surface area (Å²) in [7, 11) is 1.55. The predicted molar refractivity (Wildman–Crippen MR) is 96.5 cm³/mol. The minimum atomic E-state index is -0.234. The van der Waals surface area contributed by atoms with E-state index in [0.29, 0.717) is 29.4 Å². The molecule has 5 heteroatoms. The van der Waals surface area contributed by atoms with Crippen molar-refractivity contribution in [2.24, 2.45) is 0 Å². The van der Waals surface area contributed by atoms with E-state index in [1.807, 2.05) is 30.3 Å². The van der Waals surface area contributed by atoms with E-state index in [0.717, 1.165) is 19.4 Å². The van der Waals surface area contributed by atoms with Crippen LogP contribution >= 0.6 is 0 Å². The highest BCUT2D eigenvalue weighted by Gasteiger charge is 2.17. The lowest BCUT2D eigenvalue weighted by atomic mass is 10.1. The van der Waals surface area contributed by atoms with E-state index in [1.54, 1.807) is 25.3 Å². The Bertz CT molecular complexity index is 710. The maximum absolute atomic E-state index is 12.6. The zero-order valence-electron chi connectivity index (χ0n) is 14.4. The van der Waals surface area contributed by atoms with Crippen LogP contribution in [-0.2, 0) is 4.74 Å². The van der Waals surface area contributed by atoms with Crippen LogP contribution < -0.4 is 14.8 Å². The SMILES string of the molecule is COc1ccccc1C(=O)Nc1ccccc1OC[C@@H]1CCCCO1. The molecule has 0 aromatic heterocycles. The summed E-state index contributed by atoms with van der Waals surface area (Å²) in [6, 6.07) is 14.5. The highest BCUT2D eigenvalue weighted by molar-refractivity contribution is 6.06. The Morgan fingerprint density at radius 3 is 2.64 bits per heavy atom. The van der Waals surface area contributed by atoms with Crippen LogP contribution in [0.2, 0.25) is 0 Å². The molecule has 1 aliphatic rings. The lowest BCUT2D eigenvalue weighted by Crippen LogP contribution is -2.26. The molecule has 0 saturated carbocycles. The van der Waals surface area contributed by atoms with Gasteiger partial charge in [-0.2, -0.15) is 0 Å². The quantitative estimate of drug-likeness (QED) is 0.866. The molecule has 0 unspecified atom stereocenters. The number of carbonyl (C=O) groups is 1. The van der Waals surface area contributed by atoms with Crippen molar-refractivity contribution in [2.45, 2.75) is 25.4 Å². The van der Waals surface area contributed by atoms with Gasteiger partial charge in [-0.3, -0.25) is 4.79 Å². The number of anilines is 1. The molecule has 1 heterocycles. The van der Waals surface area contributed by atoms with Gasteiger partial charge in [0, 0.05) is 6.61 Å².